The lowest BCUT2D eigenvalue weighted by Gasteiger charge is -2.09. The van der Waals surface area contributed by atoms with E-state index in [1.807, 2.05) is 0 Å². The quantitative estimate of drug-likeness (QED) is 0.449. The van der Waals surface area contributed by atoms with Gasteiger partial charge in [-0.05, 0) is 24.3 Å². The Hall–Kier alpha value is -1.59. The Balaban J connectivity index is 1.87. The van der Waals surface area contributed by atoms with Crippen LogP contribution in [-0.2, 0) is 0 Å². The Bertz CT molecular complexity index is 607. The monoisotopic (exact) mass is 355 g/mol. The van der Waals surface area contributed by atoms with Gasteiger partial charge in [0.1, 0.15) is 24.1 Å². The molecule has 0 unspecified atom stereocenters. The van der Waals surface area contributed by atoms with E-state index >= 15 is 0 Å². The highest BCUT2D eigenvalue weighted by Gasteiger charge is 2.04. The average molecular weight is 357 g/mol. The Morgan fingerprint density at radius 2 is 2.00 bits per heavy atom. The molecule has 0 saturated carbocycles. The molecule has 2 aromatic rings. The van der Waals surface area contributed by atoms with Crippen LogP contribution in [0, 0.1) is 0 Å². The van der Waals surface area contributed by atoms with Gasteiger partial charge in [0.15, 0.2) is 6.29 Å². The van der Waals surface area contributed by atoms with Gasteiger partial charge in [-0.3, -0.25) is 4.79 Å². The van der Waals surface area contributed by atoms with E-state index in [-0.39, 0.29) is 0 Å². The fraction of sp³-hybridized carbons (Fsp3) is 0.143. The zero-order chi connectivity index (χ0) is 14.4. The molecule has 0 atom stereocenters. The molecule has 0 spiro atoms. The SMILES string of the molecule is O=Cc1ccc(Br)cc1OCCOc1cccc(Cl)n1. The molecular formula is C14H11BrClNO3. The highest BCUT2D eigenvalue weighted by atomic mass is 79.9. The minimum atomic E-state index is 0.297. The van der Waals surface area contributed by atoms with E-state index in [2.05, 4.69) is 20.9 Å². The highest BCUT2D eigenvalue weighted by Crippen LogP contribution is 2.22. The summed E-state index contributed by atoms with van der Waals surface area (Å²) in [6.07, 6.45) is 0.751. The average Bonchev–Trinajstić information content (AvgIpc) is 2.44. The van der Waals surface area contributed by atoms with Crippen molar-refractivity contribution in [3.05, 3.63) is 51.6 Å². The topological polar surface area (TPSA) is 48.4 Å². The van der Waals surface area contributed by atoms with Gasteiger partial charge in [0, 0.05) is 10.5 Å². The second-order valence-electron chi connectivity index (χ2n) is 3.80. The summed E-state index contributed by atoms with van der Waals surface area (Å²) in [7, 11) is 0. The minimum absolute atomic E-state index is 0.297. The van der Waals surface area contributed by atoms with Crippen molar-refractivity contribution in [2.75, 3.05) is 13.2 Å². The predicted molar refractivity (Wildman–Crippen MR) is 79.8 cm³/mol. The zero-order valence-electron chi connectivity index (χ0n) is 10.4. The molecule has 1 aromatic carbocycles. The van der Waals surface area contributed by atoms with Crippen LogP contribution in [0.15, 0.2) is 40.9 Å². The minimum Gasteiger partial charge on any atom is -0.489 e. The van der Waals surface area contributed by atoms with Crippen LogP contribution in [0.5, 0.6) is 11.6 Å². The van der Waals surface area contributed by atoms with Gasteiger partial charge in [0.05, 0.1) is 5.56 Å². The summed E-state index contributed by atoms with van der Waals surface area (Å²) in [4.78, 5) is 14.9. The van der Waals surface area contributed by atoms with Gasteiger partial charge in [-0.2, -0.15) is 0 Å². The van der Waals surface area contributed by atoms with Gasteiger partial charge in [0.2, 0.25) is 5.88 Å². The number of aromatic nitrogens is 1. The van der Waals surface area contributed by atoms with Crippen LogP contribution in [-0.4, -0.2) is 24.5 Å². The number of nitrogens with zero attached hydrogens (tertiary/aromatic N) is 1. The second kappa shape index (κ2) is 7.26. The Kier molecular flexibility index (Phi) is 5.38. The first kappa shape index (κ1) is 14.8. The molecule has 0 aliphatic carbocycles. The second-order valence-corrected chi connectivity index (χ2v) is 5.10. The van der Waals surface area contributed by atoms with Crippen LogP contribution >= 0.6 is 27.5 Å². The summed E-state index contributed by atoms with van der Waals surface area (Å²) < 4.78 is 11.7. The van der Waals surface area contributed by atoms with E-state index in [4.69, 9.17) is 21.1 Å². The van der Waals surface area contributed by atoms with E-state index in [1.165, 1.54) is 0 Å². The smallest absolute Gasteiger partial charge is 0.214 e. The van der Waals surface area contributed by atoms with Crippen LogP contribution in [0.3, 0.4) is 0 Å². The molecule has 0 N–H and O–H groups in total. The molecule has 20 heavy (non-hydrogen) atoms. The summed E-state index contributed by atoms with van der Waals surface area (Å²) in [6.45, 7) is 0.601. The Morgan fingerprint density at radius 3 is 2.75 bits per heavy atom. The maximum Gasteiger partial charge on any atom is 0.214 e. The molecule has 0 saturated heterocycles. The van der Waals surface area contributed by atoms with Crippen LogP contribution in [0.2, 0.25) is 5.15 Å². The van der Waals surface area contributed by atoms with Gasteiger partial charge in [-0.15, -0.1) is 0 Å². The van der Waals surface area contributed by atoms with E-state index in [9.17, 15) is 4.79 Å². The first-order chi connectivity index (χ1) is 9.69. The summed E-state index contributed by atoms with van der Waals surface area (Å²) in [6, 6.07) is 10.3. The molecule has 0 aliphatic heterocycles. The fourth-order valence-electron chi connectivity index (χ4n) is 1.50. The molecule has 0 aliphatic rings. The zero-order valence-corrected chi connectivity index (χ0v) is 12.7. The number of halogens is 2. The van der Waals surface area contributed by atoms with Crippen molar-refractivity contribution in [1.82, 2.24) is 4.98 Å². The summed E-state index contributed by atoms with van der Waals surface area (Å²) >= 11 is 9.07. The lowest BCUT2D eigenvalue weighted by Crippen LogP contribution is -2.10. The largest absolute Gasteiger partial charge is 0.489 e. The molecule has 6 heteroatoms. The summed E-state index contributed by atoms with van der Waals surface area (Å²) in [5.74, 6) is 0.947. The number of aldehydes is 1. The van der Waals surface area contributed by atoms with E-state index in [0.29, 0.717) is 35.6 Å². The third kappa shape index (κ3) is 4.21. The van der Waals surface area contributed by atoms with Gasteiger partial charge in [0.25, 0.3) is 0 Å². The first-order valence-electron chi connectivity index (χ1n) is 5.82. The van der Waals surface area contributed by atoms with Crippen molar-refractivity contribution in [3.63, 3.8) is 0 Å². The lowest BCUT2D eigenvalue weighted by atomic mass is 10.2. The first-order valence-corrected chi connectivity index (χ1v) is 6.99. The molecule has 1 heterocycles. The predicted octanol–water partition coefficient (Wildman–Crippen LogP) is 3.77. The van der Waals surface area contributed by atoms with Gasteiger partial charge in [-0.1, -0.05) is 33.6 Å². The summed E-state index contributed by atoms with van der Waals surface area (Å²) in [5, 5.41) is 0.374. The van der Waals surface area contributed by atoms with Crippen LogP contribution in [0.1, 0.15) is 10.4 Å². The number of hydrogen-bond donors (Lipinski definition) is 0. The maximum atomic E-state index is 10.9. The van der Waals surface area contributed by atoms with E-state index in [1.54, 1.807) is 36.4 Å². The van der Waals surface area contributed by atoms with Crippen LogP contribution in [0.25, 0.3) is 0 Å². The molecule has 0 radical (unpaired) electrons. The van der Waals surface area contributed by atoms with Crippen molar-refractivity contribution in [2.45, 2.75) is 0 Å². The highest BCUT2D eigenvalue weighted by molar-refractivity contribution is 9.10. The van der Waals surface area contributed by atoms with Crippen molar-refractivity contribution in [2.24, 2.45) is 0 Å². The summed E-state index contributed by atoms with van der Waals surface area (Å²) in [5.41, 5.74) is 0.495. The lowest BCUT2D eigenvalue weighted by molar-refractivity contribution is 0.111. The van der Waals surface area contributed by atoms with Crippen molar-refractivity contribution in [3.8, 4) is 11.6 Å². The van der Waals surface area contributed by atoms with Gasteiger partial charge >= 0.3 is 0 Å². The van der Waals surface area contributed by atoms with E-state index < -0.39 is 0 Å². The van der Waals surface area contributed by atoms with Gasteiger partial charge < -0.3 is 9.47 Å². The number of rotatable bonds is 6. The molecular weight excluding hydrogens is 346 g/mol. The molecule has 4 nitrogen and oxygen atoms in total. The fourth-order valence-corrected chi connectivity index (χ4v) is 1.99. The number of carbonyl (C=O) groups excluding carboxylic acids is 1. The number of carbonyl (C=O) groups is 1. The molecule has 1 aromatic heterocycles. The molecule has 2 rings (SSSR count). The Labute approximate surface area is 129 Å². The van der Waals surface area contributed by atoms with Crippen molar-refractivity contribution in [1.29, 1.82) is 0 Å². The number of pyridine rings is 1. The molecule has 0 amide bonds. The normalized spacial score (nSPS) is 10.1. The van der Waals surface area contributed by atoms with Crippen molar-refractivity contribution < 1.29 is 14.3 Å². The third-order valence-corrected chi connectivity index (χ3v) is 3.09. The number of hydrogen-bond acceptors (Lipinski definition) is 4. The van der Waals surface area contributed by atoms with Crippen molar-refractivity contribution >= 4 is 33.8 Å². The molecule has 0 bridgehead atoms. The molecule has 0 fully saturated rings. The number of ether oxygens (including phenoxy) is 2. The van der Waals surface area contributed by atoms with Crippen LogP contribution in [0.4, 0.5) is 0 Å². The van der Waals surface area contributed by atoms with Crippen LogP contribution < -0.4 is 9.47 Å². The third-order valence-electron chi connectivity index (χ3n) is 2.38. The Morgan fingerprint density at radius 1 is 1.20 bits per heavy atom. The van der Waals surface area contributed by atoms with E-state index in [0.717, 1.165) is 10.8 Å². The van der Waals surface area contributed by atoms with Gasteiger partial charge in [-0.25, -0.2) is 4.98 Å². The number of benzene rings is 1. The maximum absolute atomic E-state index is 10.9. The standard InChI is InChI=1S/C14H11BrClNO3/c15-11-5-4-10(9-18)12(8-11)19-6-7-20-14-3-1-2-13(16)17-14/h1-5,8-9H,6-7H2. The molecule has 104 valence electrons.